The Morgan fingerprint density at radius 2 is 1.67 bits per heavy atom. The molecule has 0 saturated carbocycles. The number of benzene rings is 1. The van der Waals surface area contributed by atoms with E-state index in [1.54, 1.807) is 0 Å². The number of halogens is 2. The van der Waals surface area contributed by atoms with Crippen molar-refractivity contribution in [1.82, 2.24) is 9.80 Å². The molecule has 102 valence electrons. The predicted octanol–water partition coefficient (Wildman–Crippen LogP) is 3.77. The Kier molecular flexibility index (Phi) is 7.02. The van der Waals surface area contributed by atoms with Crippen LogP contribution in [0.3, 0.4) is 0 Å². The summed E-state index contributed by atoms with van der Waals surface area (Å²) in [6.07, 6.45) is 0. The van der Waals surface area contributed by atoms with Crippen molar-refractivity contribution in [3.05, 3.63) is 33.8 Å². The van der Waals surface area contributed by atoms with Gasteiger partial charge in [-0.15, -0.1) is 0 Å². The molecule has 1 aromatic rings. The molecule has 1 aromatic carbocycles. The molecule has 0 heterocycles. The van der Waals surface area contributed by atoms with E-state index < -0.39 is 0 Å². The summed E-state index contributed by atoms with van der Waals surface area (Å²) in [6.45, 7) is 9.67. The molecule has 0 fully saturated rings. The predicted molar refractivity (Wildman–Crippen MR) is 80.6 cm³/mol. The van der Waals surface area contributed by atoms with Crippen LogP contribution in [0.1, 0.15) is 19.4 Å². The van der Waals surface area contributed by atoms with Crippen LogP contribution in [-0.2, 0) is 6.54 Å². The zero-order valence-corrected chi connectivity index (χ0v) is 12.9. The molecule has 4 heteroatoms. The third-order valence-corrected chi connectivity index (χ3v) is 3.87. The molecule has 2 nitrogen and oxygen atoms in total. The summed E-state index contributed by atoms with van der Waals surface area (Å²) in [5.41, 5.74) is 1.20. The minimum atomic E-state index is 0.617. The lowest BCUT2D eigenvalue weighted by Crippen LogP contribution is -2.32. The summed E-state index contributed by atoms with van der Waals surface area (Å²) in [6, 6.07) is 5.83. The highest BCUT2D eigenvalue weighted by Crippen LogP contribution is 2.23. The molecule has 0 N–H and O–H groups in total. The highest BCUT2D eigenvalue weighted by Gasteiger charge is 2.05. The van der Waals surface area contributed by atoms with E-state index in [1.165, 1.54) is 5.56 Å². The second kappa shape index (κ2) is 8.00. The minimum Gasteiger partial charge on any atom is -0.303 e. The van der Waals surface area contributed by atoms with Crippen LogP contribution < -0.4 is 0 Å². The second-order valence-electron chi connectivity index (χ2n) is 4.51. The molecule has 0 saturated heterocycles. The maximum atomic E-state index is 6.01. The van der Waals surface area contributed by atoms with Gasteiger partial charge >= 0.3 is 0 Å². The van der Waals surface area contributed by atoms with Crippen molar-refractivity contribution in [2.24, 2.45) is 0 Å². The van der Waals surface area contributed by atoms with Gasteiger partial charge in [-0.05, 0) is 37.8 Å². The van der Waals surface area contributed by atoms with E-state index in [9.17, 15) is 0 Å². The second-order valence-corrected chi connectivity index (χ2v) is 5.33. The van der Waals surface area contributed by atoms with Gasteiger partial charge in [-0.2, -0.15) is 0 Å². The van der Waals surface area contributed by atoms with Crippen LogP contribution >= 0.6 is 23.2 Å². The van der Waals surface area contributed by atoms with Gasteiger partial charge in [-0.1, -0.05) is 43.1 Å². The van der Waals surface area contributed by atoms with E-state index in [0.717, 1.165) is 32.7 Å². The Morgan fingerprint density at radius 1 is 1.00 bits per heavy atom. The average molecular weight is 289 g/mol. The lowest BCUT2D eigenvalue weighted by Gasteiger charge is -2.23. The van der Waals surface area contributed by atoms with Gasteiger partial charge in [0.25, 0.3) is 0 Å². The first kappa shape index (κ1) is 15.8. The maximum absolute atomic E-state index is 6.01. The summed E-state index contributed by atoms with van der Waals surface area (Å²) in [7, 11) is 2.13. The third kappa shape index (κ3) is 5.15. The molecule has 0 aliphatic heterocycles. The number of likely N-dealkylation sites (N-methyl/N-ethyl adjacent to an activating group) is 2. The van der Waals surface area contributed by atoms with Gasteiger partial charge in [0.05, 0.1) is 10.0 Å². The van der Waals surface area contributed by atoms with Gasteiger partial charge in [0, 0.05) is 19.6 Å². The first-order valence-corrected chi connectivity index (χ1v) is 7.17. The van der Waals surface area contributed by atoms with Crippen molar-refractivity contribution >= 4 is 23.2 Å². The molecule has 0 spiro atoms. The number of hydrogen-bond acceptors (Lipinski definition) is 2. The molecular weight excluding hydrogens is 267 g/mol. The van der Waals surface area contributed by atoms with Crippen molar-refractivity contribution in [2.75, 3.05) is 33.2 Å². The Balaban J connectivity index is 2.44. The molecule has 0 aliphatic rings. The smallest absolute Gasteiger partial charge is 0.0595 e. The summed E-state index contributed by atoms with van der Waals surface area (Å²) in [5.74, 6) is 0. The van der Waals surface area contributed by atoms with Crippen molar-refractivity contribution in [3.63, 3.8) is 0 Å². The molecule has 0 aromatic heterocycles. The monoisotopic (exact) mass is 288 g/mol. The van der Waals surface area contributed by atoms with Crippen LogP contribution in [-0.4, -0.2) is 43.0 Å². The van der Waals surface area contributed by atoms with Crippen molar-refractivity contribution in [1.29, 1.82) is 0 Å². The fraction of sp³-hybridized carbons (Fsp3) is 0.571. The summed E-state index contributed by atoms with van der Waals surface area (Å²) in [5, 5.41) is 1.25. The average Bonchev–Trinajstić information content (AvgIpc) is 2.35. The van der Waals surface area contributed by atoms with Gasteiger partial charge in [-0.3, -0.25) is 0 Å². The van der Waals surface area contributed by atoms with Gasteiger partial charge in [0.1, 0.15) is 0 Å². The van der Waals surface area contributed by atoms with E-state index >= 15 is 0 Å². The van der Waals surface area contributed by atoms with Crippen LogP contribution in [0.5, 0.6) is 0 Å². The molecule has 0 amide bonds. The summed E-state index contributed by atoms with van der Waals surface area (Å²) in [4.78, 5) is 4.73. The zero-order chi connectivity index (χ0) is 13.5. The number of rotatable bonds is 7. The van der Waals surface area contributed by atoms with Gasteiger partial charge < -0.3 is 9.80 Å². The highest BCUT2D eigenvalue weighted by atomic mass is 35.5. The van der Waals surface area contributed by atoms with E-state index in [2.05, 4.69) is 30.7 Å². The topological polar surface area (TPSA) is 6.48 Å². The zero-order valence-electron chi connectivity index (χ0n) is 11.4. The molecule has 1 rings (SSSR count). The maximum Gasteiger partial charge on any atom is 0.0595 e. The van der Waals surface area contributed by atoms with Crippen LogP contribution in [0.15, 0.2) is 18.2 Å². The van der Waals surface area contributed by atoms with Crippen LogP contribution in [0.2, 0.25) is 10.0 Å². The van der Waals surface area contributed by atoms with Crippen molar-refractivity contribution in [3.8, 4) is 0 Å². The summed E-state index contributed by atoms with van der Waals surface area (Å²) >= 11 is 11.9. The minimum absolute atomic E-state index is 0.617. The van der Waals surface area contributed by atoms with Crippen molar-refractivity contribution < 1.29 is 0 Å². The SMILES string of the molecule is CCN(CC)CCN(C)Cc1ccc(Cl)c(Cl)c1. The number of nitrogens with zero attached hydrogens (tertiary/aromatic N) is 2. The fourth-order valence-corrected chi connectivity index (χ4v) is 2.20. The van der Waals surface area contributed by atoms with E-state index in [4.69, 9.17) is 23.2 Å². The molecule has 0 bridgehead atoms. The first-order valence-electron chi connectivity index (χ1n) is 6.41. The number of hydrogen-bond donors (Lipinski definition) is 0. The first-order chi connectivity index (χ1) is 8.56. The van der Waals surface area contributed by atoms with E-state index in [-0.39, 0.29) is 0 Å². The molecule has 18 heavy (non-hydrogen) atoms. The quantitative estimate of drug-likeness (QED) is 0.754. The summed E-state index contributed by atoms with van der Waals surface area (Å²) < 4.78 is 0. The molecule has 0 radical (unpaired) electrons. The molecular formula is C14H22Cl2N2. The van der Waals surface area contributed by atoms with Gasteiger partial charge in [-0.25, -0.2) is 0 Å². The largest absolute Gasteiger partial charge is 0.303 e. The Labute approximate surface area is 120 Å². The van der Waals surface area contributed by atoms with Crippen molar-refractivity contribution in [2.45, 2.75) is 20.4 Å². The Bertz CT molecular complexity index is 365. The van der Waals surface area contributed by atoms with Crippen LogP contribution in [0.25, 0.3) is 0 Å². The molecule has 0 aliphatic carbocycles. The molecule has 0 unspecified atom stereocenters. The van der Waals surface area contributed by atoms with Crippen LogP contribution in [0, 0.1) is 0 Å². The fourth-order valence-electron chi connectivity index (χ4n) is 1.88. The molecule has 0 atom stereocenters. The van der Waals surface area contributed by atoms with Gasteiger partial charge in [0.15, 0.2) is 0 Å². The van der Waals surface area contributed by atoms with E-state index in [0.29, 0.717) is 10.0 Å². The van der Waals surface area contributed by atoms with Gasteiger partial charge in [0.2, 0.25) is 0 Å². The highest BCUT2D eigenvalue weighted by molar-refractivity contribution is 6.42. The Hall–Kier alpha value is -0.280. The lowest BCUT2D eigenvalue weighted by molar-refractivity contribution is 0.236. The van der Waals surface area contributed by atoms with E-state index in [1.807, 2.05) is 18.2 Å². The van der Waals surface area contributed by atoms with Crippen LogP contribution in [0.4, 0.5) is 0 Å². The standard InChI is InChI=1S/C14H22Cl2N2/c1-4-18(5-2)9-8-17(3)11-12-6-7-13(15)14(16)10-12/h6-7,10H,4-5,8-9,11H2,1-3H3. The normalized spacial score (nSPS) is 11.5. The third-order valence-electron chi connectivity index (χ3n) is 3.13. The Morgan fingerprint density at radius 3 is 2.22 bits per heavy atom. The lowest BCUT2D eigenvalue weighted by atomic mass is 10.2.